The zero-order valence-corrected chi connectivity index (χ0v) is 8.25. The van der Waals surface area contributed by atoms with E-state index in [4.69, 9.17) is 4.74 Å². The van der Waals surface area contributed by atoms with E-state index in [1.165, 1.54) is 11.3 Å². The molecule has 0 spiro atoms. The fourth-order valence-corrected chi connectivity index (χ4v) is 1.35. The molecule has 2 N–H and O–H groups in total. The maximum atomic E-state index is 9.28. The summed E-state index contributed by atoms with van der Waals surface area (Å²) in [6, 6.07) is 0. The molecule has 1 aromatic rings. The molecule has 0 aliphatic rings. The number of anilines is 1. The van der Waals surface area contributed by atoms with Gasteiger partial charge in [-0.2, -0.15) is 0 Å². The largest absolute Gasteiger partial charge is 0.391 e. The van der Waals surface area contributed by atoms with Crippen LogP contribution in [0.25, 0.3) is 0 Å². The summed E-state index contributed by atoms with van der Waals surface area (Å²) in [4.78, 5) is 0. The van der Waals surface area contributed by atoms with E-state index in [1.807, 2.05) is 0 Å². The number of aromatic nitrogens is 2. The Balaban J connectivity index is 2.07. The van der Waals surface area contributed by atoms with Gasteiger partial charge in [0.1, 0.15) is 5.51 Å². The first-order valence-corrected chi connectivity index (χ1v) is 4.88. The van der Waals surface area contributed by atoms with Crippen LogP contribution in [0.2, 0.25) is 0 Å². The molecule has 0 saturated heterocycles. The average molecular weight is 203 g/mol. The number of rotatable bonds is 6. The fourth-order valence-electron chi connectivity index (χ4n) is 0.872. The summed E-state index contributed by atoms with van der Waals surface area (Å²) in [6.07, 6.45) is 0.235. The minimum atomic E-state index is -0.412. The van der Waals surface area contributed by atoms with Gasteiger partial charge >= 0.3 is 0 Å². The molecule has 1 aromatic heterocycles. The summed E-state index contributed by atoms with van der Waals surface area (Å²) in [7, 11) is 1.57. The van der Waals surface area contributed by atoms with Crippen LogP contribution in [0.3, 0.4) is 0 Å². The van der Waals surface area contributed by atoms with Gasteiger partial charge in [-0.1, -0.05) is 11.3 Å². The Labute approximate surface area is 80.8 Å². The molecule has 1 rings (SSSR count). The first kappa shape index (κ1) is 10.4. The number of hydrogen-bond acceptors (Lipinski definition) is 6. The number of methoxy groups -OCH3 is 1. The van der Waals surface area contributed by atoms with E-state index in [0.717, 1.165) is 5.13 Å². The first-order valence-electron chi connectivity index (χ1n) is 4.00. The van der Waals surface area contributed by atoms with Crippen molar-refractivity contribution in [3.8, 4) is 0 Å². The predicted molar refractivity (Wildman–Crippen MR) is 50.9 cm³/mol. The topological polar surface area (TPSA) is 67.3 Å². The third-order valence-electron chi connectivity index (χ3n) is 1.47. The van der Waals surface area contributed by atoms with E-state index in [1.54, 1.807) is 12.6 Å². The number of nitrogens with zero attached hydrogens (tertiary/aromatic N) is 2. The van der Waals surface area contributed by atoms with Gasteiger partial charge in [-0.15, -0.1) is 10.2 Å². The smallest absolute Gasteiger partial charge is 0.205 e. The van der Waals surface area contributed by atoms with Crippen molar-refractivity contribution in [1.29, 1.82) is 0 Å². The summed E-state index contributed by atoms with van der Waals surface area (Å²) in [5.41, 5.74) is 1.66. The van der Waals surface area contributed by atoms with Crippen LogP contribution >= 0.6 is 11.3 Å². The molecule has 0 radical (unpaired) electrons. The van der Waals surface area contributed by atoms with Gasteiger partial charge in [-0.25, -0.2) is 0 Å². The van der Waals surface area contributed by atoms with Crippen molar-refractivity contribution >= 4 is 16.5 Å². The SMILES string of the molecule is COCC(O)CCNc1nncs1. The van der Waals surface area contributed by atoms with E-state index < -0.39 is 6.10 Å². The molecule has 0 saturated carbocycles. The summed E-state index contributed by atoms with van der Waals surface area (Å²) in [6.45, 7) is 1.05. The maximum absolute atomic E-state index is 9.28. The lowest BCUT2D eigenvalue weighted by Crippen LogP contribution is -2.18. The van der Waals surface area contributed by atoms with E-state index in [0.29, 0.717) is 19.6 Å². The summed E-state index contributed by atoms with van der Waals surface area (Å²) < 4.78 is 4.79. The molecule has 0 aliphatic carbocycles. The quantitative estimate of drug-likeness (QED) is 0.698. The van der Waals surface area contributed by atoms with Crippen molar-refractivity contribution in [2.45, 2.75) is 12.5 Å². The highest BCUT2D eigenvalue weighted by Crippen LogP contribution is 2.07. The molecule has 0 bridgehead atoms. The number of aliphatic hydroxyl groups is 1. The van der Waals surface area contributed by atoms with Gasteiger partial charge in [-0.3, -0.25) is 0 Å². The van der Waals surface area contributed by atoms with Crippen LogP contribution < -0.4 is 5.32 Å². The third-order valence-corrected chi connectivity index (χ3v) is 2.12. The molecule has 0 fully saturated rings. The molecular formula is C7H13N3O2S. The second-order valence-corrected chi connectivity index (χ2v) is 3.40. The van der Waals surface area contributed by atoms with Crippen LogP contribution in [0.15, 0.2) is 5.51 Å². The van der Waals surface area contributed by atoms with Crippen LogP contribution in [0.4, 0.5) is 5.13 Å². The molecule has 0 amide bonds. The fraction of sp³-hybridized carbons (Fsp3) is 0.714. The van der Waals surface area contributed by atoms with E-state index >= 15 is 0 Å². The molecule has 0 aliphatic heterocycles. The second-order valence-electron chi connectivity index (χ2n) is 2.57. The Morgan fingerprint density at radius 2 is 2.62 bits per heavy atom. The molecule has 74 valence electrons. The highest BCUT2D eigenvalue weighted by atomic mass is 32.1. The van der Waals surface area contributed by atoms with Gasteiger partial charge in [0, 0.05) is 13.7 Å². The summed E-state index contributed by atoms with van der Waals surface area (Å²) in [5.74, 6) is 0. The Hall–Kier alpha value is -0.720. The lowest BCUT2D eigenvalue weighted by atomic mass is 10.3. The summed E-state index contributed by atoms with van der Waals surface area (Å²) in [5, 5.41) is 20.6. The first-order chi connectivity index (χ1) is 6.33. The molecule has 1 unspecified atom stereocenters. The Morgan fingerprint density at radius 1 is 1.77 bits per heavy atom. The van der Waals surface area contributed by atoms with Gasteiger partial charge in [0.25, 0.3) is 0 Å². The van der Waals surface area contributed by atoms with Gasteiger partial charge in [0.05, 0.1) is 12.7 Å². The molecule has 1 atom stereocenters. The molecule has 13 heavy (non-hydrogen) atoms. The number of ether oxygens (including phenoxy) is 1. The van der Waals surface area contributed by atoms with Crippen LogP contribution in [0.5, 0.6) is 0 Å². The van der Waals surface area contributed by atoms with E-state index in [9.17, 15) is 5.11 Å². The van der Waals surface area contributed by atoms with Crippen molar-refractivity contribution < 1.29 is 9.84 Å². The van der Waals surface area contributed by atoms with Crippen molar-refractivity contribution in [1.82, 2.24) is 10.2 Å². The zero-order chi connectivity index (χ0) is 9.52. The minimum absolute atomic E-state index is 0.373. The van der Waals surface area contributed by atoms with Crippen molar-refractivity contribution in [3.05, 3.63) is 5.51 Å². The average Bonchev–Trinajstić information content (AvgIpc) is 2.57. The standard InChI is InChI=1S/C7H13N3O2S/c1-12-4-6(11)2-3-8-7-10-9-5-13-7/h5-6,11H,2-4H2,1H3,(H,8,10). The van der Waals surface area contributed by atoms with Crippen molar-refractivity contribution in [3.63, 3.8) is 0 Å². The number of nitrogens with one attached hydrogen (secondary N) is 1. The van der Waals surface area contributed by atoms with E-state index in [2.05, 4.69) is 15.5 Å². The maximum Gasteiger partial charge on any atom is 0.205 e. The summed E-state index contributed by atoms with van der Waals surface area (Å²) >= 11 is 1.44. The van der Waals surface area contributed by atoms with Crippen LogP contribution in [-0.2, 0) is 4.74 Å². The molecule has 6 heteroatoms. The Bertz CT molecular complexity index is 218. The van der Waals surface area contributed by atoms with Gasteiger partial charge in [-0.05, 0) is 6.42 Å². The Morgan fingerprint density at radius 3 is 3.23 bits per heavy atom. The third kappa shape index (κ3) is 4.16. The van der Waals surface area contributed by atoms with Crippen LogP contribution in [0, 0.1) is 0 Å². The van der Waals surface area contributed by atoms with Gasteiger partial charge in [0.15, 0.2) is 0 Å². The highest BCUT2D eigenvalue weighted by molar-refractivity contribution is 7.13. The molecular weight excluding hydrogens is 190 g/mol. The number of hydrogen-bond donors (Lipinski definition) is 2. The van der Waals surface area contributed by atoms with Gasteiger partial charge < -0.3 is 15.2 Å². The van der Waals surface area contributed by atoms with Gasteiger partial charge in [0.2, 0.25) is 5.13 Å². The van der Waals surface area contributed by atoms with Crippen molar-refractivity contribution in [2.24, 2.45) is 0 Å². The van der Waals surface area contributed by atoms with Crippen molar-refractivity contribution in [2.75, 3.05) is 25.6 Å². The lowest BCUT2D eigenvalue weighted by Gasteiger charge is -2.08. The molecule has 5 nitrogen and oxygen atoms in total. The highest BCUT2D eigenvalue weighted by Gasteiger charge is 2.02. The molecule has 0 aromatic carbocycles. The minimum Gasteiger partial charge on any atom is -0.391 e. The van der Waals surface area contributed by atoms with E-state index in [-0.39, 0.29) is 0 Å². The number of aliphatic hydroxyl groups excluding tert-OH is 1. The monoisotopic (exact) mass is 203 g/mol. The van der Waals surface area contributed by atoms with Crippen LogP contribution in [-0.4, -0.2) is 41.7 Å². The second kappa shape index (κ2) is 5.85. The predicted octanol–water partition coefficient (Wildman–Crippen LogP) is 0.347. The van der Waals surface area contributed by atoms with Crippen LogP contribution in [0.1, 0.15) is 6.42 Å². The zero-order valence-electron chi connectivity index (χ0n) is 7.43. The Kier molecular flexibility index (Phi) is 4.66. The normalized spacial score (nSPS) is 12.8. The molecule has 1 heterocycles. The lowest BCUT2D eigenvalue weighted by molar-refractivity contribution is 0.0615.